The van der Waals surface area contributed by atoms with Gasteiger partial charge >= 0.3 is 0 Å². The van der Waals surface area contributed by atoms with Crippen LogP contribution in [-0.2, 0) is 16.8 Å². The summed E-state index contributed by atoms with van der Waals surface area (Å²) in [6.45, 7) is 3.32. The Morgan fingerprint density at radius 3 is 2.61 bits per heavy atom. The minimum Gasteiger partial charge on any atom is -0.391 e. The van der Waals surface area contributed by atoms with Crippen LogP contribution >= 0.6 is 22.6 Å². The molecule has 2 aliphatic carbocycles. The van der Waals surface area contributed by atoms with Crippen molar-refractivity contribution in [3.05, 3.63) is 22.2 Å². The highest BCUT2D eigenvalue weighted by atomic mass is 127. The predicted molar refractivity (Wildman–Crippen MR) is 132 cm³/mol. The van der Waals surface area contributed by atoms with Crippen LogP contribution in [0.3, 0.4) is 0 Å². The molecule has 0 aromatic carbocycles. The molecule has 3 unspecified atom stereocenters. The van der Waals surface area contributed by atoms with Gasteiger partial charge in [0, 0.05) is 37.6 Å². The highest BCUT2D eigenvalue weighted by molar-refractivity contribution is 14.1. The molecule has 33 heavy (non-hydrogen) atoms. The van der Waals surface area contributed by atoms with Gasteiger partial charge in [0.05, 0.1) is 28.1 Å². The van der Waals surface area contributed by atoms with E-state index in [0.717, 1.165) is 40.8 Å². The molecule has 0 radical (unpaired) electrons. The molecule has 5 rings (SSSR count). The van der Waals surface area contributed by atoms with Gasteiger partial charge in [-0.25, -0.2) is 4.98 Å². The number of hydrogen-bond donors (Lipinski definition) is 4. The Labute approximate surface area is 207 Å². The van der Waals surface area contributed by atoms with E-state index < -0.39 is 16.3 Å². The van der Waals surface area contributed by atoms with Crippen molar-refractivity contribution >= 4 is 50.3 Å². The number of anilines is 3. The Balaban J connectivity index is 1.18. The van der Waals surface area contributed by atoms with Gasteiger partial charge in [-0.2, -0.15) is 27.5 Å². The van der Waals surface area contributed by atoms with Gasteiger partial charge in [0.15, 0.2) is 0 Å². The monoisotopic (exact) mass is 588 g/mol. The average molecular weight is 588 g/mol. The highest BCUT2D eigenvalue weighted by Gasteiger charge is 2.45. The molecule has 180 valence electrons. The molecule has 2 aromatic heterocycles. The molecule has 1 aliphatic heterocycles. The summed E-state index contributed by atoms with van der Waals surface area (Å²) in [5.41, 5.74) is 0.749. The maximum Gasteiger partial charge on any atom is 0.279 e. The van der Waals surface area contributed by atoms with Crippen LogP contribution in [0.2, 0.25) is 0 Å². The van der Waals surface area contributed by atoms with E-state index in [2.05, 4.69) is 53.0 Å². The second-order valence-corrected chi connectivity index (χ2v) is 12.2. The van der Waals surface area contributed by atoms with Crippen LogP contribution in [-0.4, -0.2) is 68.9 Å². The Morgan fingerprint density at radius 1 is 1.21 bits per heavy atom. The molecule has 0 bridgehead atoms. The summed E-state index contributed by atoms with van der Waals surface area (Å²) in [5.74, 6) is 1.98. The molecule has 3 atom stereocenters. The first kappa shape index (κ1) is 23.2. The molecular formula is C20H29IN8O3S. The van der Waals surface area contributed by atoms with E-state index in [9.17, 15) is 13.5 Å². The van der Waals surface area contributed by atoms with Gasteiger partial charge in [0.1, 0.15) is 5.82 Å². The van der Waals surface area contributed by atoms with Crippen molar-refractivity contribution < 1.29 is 13.5 Å². The first-order valence-electron chi connectivity index (χ1n) is 11.3. The highest BCUT2D eigenvalue weighted by Crippen LogP contribution is 2.40. The van der Waals surface area contributed by atoms with Crippen molar-refractivity contribution in [2.75, 3.05) is 23.7 Å². The van der Waals surface area contributed by atoms with E-state index in [1.165, 1.54) is 0 Å². The number of aliphatic hydroxyl groups is 1. The van der Waals surface area contributed by atoms with Crippen LogP contribution < -0.4 is 15.4 Å². The molecule has 3 heterocycles. The standard InChI is InChI=1S/C20H29IN8O3S/c1-12(30)8-28-11-17(6-23-28)25-20-22-7-18(21)19(26-20)24-16-4-13-9-29(10-14(13)5-16)33(31,32)27-15-2-3-15/h6-7,11-16,27,30H,2-5,8-10H2,1H3,(H2,22,24,25,26). The molecule has 4 N–H and O–H groups in total. The summed E-state index contributed by atoms with van der Waals surface area (Å²) in [7, 11) is -3.35. The lowest BCUT2D eigenvalue weighted by molar-refractivity contribution is 0.168. The van der Waals surface area contributed by atoms with E-state index >= 15 is 0 Å². The number of hydrogen-bond acceptors (Lipinski definition) is 8. The van der Waals surface area contributed by atoms with Crippen molar-refractivity contribution in [1.82, 2.24) is 28.8 Å². The SMILES string of the molecule is CC(O)Cn1cc(Nc2ncc(I)c(NC3CC4CN(S(=O)(=O)NC5CC5)CC4C3)n2)cn1. The lowest BCUT2D eigenvalue weighted by atomic mass is 10.0. The molecule has 0 amide bonds. The number of nitrogens with one attached hydrogen (secondary N) is 3. The van der Waals surface area contributed by atoms with Crippen LogP contribution in [0.15, 0.2) is 18.6 Å². The zero-order chi connectivity index (χ0) is 23.2. The number of aliphatic hydroxyl groups excluding tert-OH is 1. The molecule has 3 fully saturated rings. The number of aromatic nitrogens is 4. The predicted octanol–water partition coefficient (Wildman–Crippen LogP) is 1.52. The zero-order valence-corrected chi connectivity index (χ0v) is 21.3. The van der Waals surface area contributed by atoms with Crippen molar-refractivity contribution in [3.63, 3.8) is 0 Å². The van der Waals surface area contributed by atoms with Crippen molar-refractivity contribution in [2.45, 2.75) is 57.3 Å². The Morgan fingerprint density at radius 2 is 1.94 bits per heavy atom. The fraction of sp³-hybridized carbons (Fsp3) is 0.650. The molecule has 1 saturated heterocycles. The van der Waals surface area contributed by atoms with E-state index in [1.54, 1.807) is 34.5 Å². The van der Waals surface area contributed by atoms with E-state index in [4.69, 9.17) is 0 Å². The Hall–Kier alpha value is -1.55. The smallest absolute Gasteiger partial charge is 0.279 e. The Bertz CT molecular complexity index is 1090. The third-order valence-electron chi connectivity index (χ3n) is 6.38. The fourth-order valence-electron chi connectivity index (χ4n) is 4.71. The van der Waals surface area contributed by atoms with Crippen molar-refractivity contribution in [3.8, 4) is 0 Å². The van der Waals surface area contributed by atoms with Gasteiger partial charge in [0.25, 0.3) is 10.2 Å². The van der Waals surface area contributed by atoms with E-state index in [0.29, 0.717) is 37.4 Å². The number of halogens is 1. The molecule has 0 spiro atoms. The molecule has 11 nitrogen and oxygen atoms in total. The minimum absolute atomic E-state index is 0.139. The Kier molecular flexibility index (Phi) is 6.50. The molecule has 2 aromatic rings. The van der Waals surface area contributed by atoms with Gasteiger partial charge in [-0.3, -0.25) is 4.68 Å². The number of nitrogens with zero attached hydrogens (tertiary/aromatic N) is 5. The largest absolute Gasteiger partial charge is 0.391 e. The summed E-state index contributed by atoms with van der Waals surface area (Å²) in [5, 5.41) is 20.4. The third-order valence-corrected chi connectivity index (χ3v) is 8.77. The summed E-state index contributed by atoms with van der Waals surface area (Å²) >= 11 is 2.22. The average Bonchev–Trinajstić information content (AvgIpc) is 3.10. The molecular weight excluding hydrogens is 559 g/mol. The summed E-state index contributed by atoms with van der Waals surface area (Å²) in [6.07, 6.45) is 8.52. The number of rotatable bonds is 9. The second-order valence-electron chi connectivity index (χ2n) is 9.36. The van der Waals surface area contributed by atoms with Crippen LogP contribution in [0.1, 0.15) is 32.6 Å². The zero-order valence-electron chi connectivity index (χ0n) is 18.4. The van der Waals surface area contributed by atoms with Crippen molar-refractivity contribution in [1.29, 1.82) is 0 Å². The first-order valence-corrected chi connectivity index (χ1v) is 13.8. The lowest BCUT2D eigenvalue weighted by Gasteiger charge is -2.20. The van der Waals surface area contributed by atoms with Crippen LogP contribution in [0, 0.1) is 15.4 Å². The first-order chi connectivity index (χ1) is 15.7. The second kappa shape index (κ2) is 9.24. The van der Waals surface area contributed by atoms with Gasteiger partial charge in [-0.1, -0.05) is 0 Å². The number of fused-ring (bicyclic) bond motifs is 1. The normalized spacial score (nSPS) is 26.3. The van der Waals surface area contributed by atoms with E-state index in [-0.39, 0.29) is 12.1 Å². The molecule has 2 saturated carbocycles. The maximum atomic E-state index is 12.5. The summed E-state index contributed by atoms with van der Waals surface area (Å²) < 4.78 is 32.1. The van der Waals surface area contributed by atoms with Gasteiger partial charge in [0.2, 0.25) is 5.95 Å². The molecule has 13 heteroatoms. The third kappa shape index (κ3) is 5.58. The van der Waals surface area contributed by atoms with Crippen LogP contribution in [0.4, 0.5) is 17.5 Å². The lowest BCUT2D eigenvalue weighted by Crippen LogP contribution is -2.41. The minimum atomic E-state index is -3.35. The van der Waals surface area contributed by atoms with E-state index in [1.807, 2.05) is 0 Å². The topological polar surface area (TPSA) is 137 Å². The quantitative estimate of drug-likeness (QED) is 0.324. The maximum absolute atomic E-state index is 12.5. The summed E-state index contributed by atoms with van der Waals surface area (Å²) in [6, 6.07) is 0.395. The van der Waals surface area contributed by atoms with Crippen molar-refractivity contribution in [2.24, 2.45) is 11.8 Å². The van der Waals surface area contributed by atoms with Crippen LogP contribution in [0.5, 0.6) is 0 Å². The van der Waals surface area contributed by atoms with Crippen LogP contribution in [0.25, 0.3) is 0 Å². The van der Waals surface area contributed by atoms with Gasteiger partial charge in [-0.15, -0.1) is 0 Å². The van der Waals surface area contributed by atoms with Gasteiger partial charge in [-0.05, 0) is 67.0 Å². The molecule has 3 aliphatic rings. The van der Waals surface area contributed by atoms with Gasteiger partial charge < -0.3 is 15.7 Å². The summed E-state index contributed by atoms with van der Waals surface area (Å²) in [4.78, 5) is 9.01. The fourth-order valence-corrected chi connectivity index (χ4v) is 6.70.